The summed E-state index contributed by atoms with van der Waals surface area (Å²) in [7, 11) is 0. The Kier molecular flexibility index (Phi) is 3.13. The molecule has 0 fully saturated rings. The van der Waals surface area contributed by atoms with Gasteiger partial charge in [-0.3, -0.25) is 0 Å². The van der Waals surface area contributed by atoms with Crippen molar-refractivity contribution in [3.05, 3.63) is 54.6 Å². The zero-order valence-corrected chi connectivity index (χ0v) is 10.6. The number of carboxylic acid groups (broad SMARTS) is 1. The van der Waals surface area contributed by atoms with Crippen LogP contribution in [0.15, 0.2) is 59.0 Å². The summed E-state index contributed by atoms with van der Waals surface area (Å²) in [6, 6.07) is 13.4. The number of rotatable bonds is 4. The van der Waals surface area contributed by atoms with E-state index in [1.54, 1.807) is 6.07 Å². The predicted molar refractivity (Wildman–Crippen MR) is 76.0 cm³/mol. The fourth-order valence-corrected chi connectivity index (χ4v) is 2.09. The molecule has 100 valence electrons. The molecule has 0 atom stereocenters. The zero-order valence-electron chi connectivity index (χ0n) is 10.6. The van der Waals surface area contributed by atoms with Gasteiger partial charge in [0.15, 0.2) is 0 Å². The highest BCUT2D eigenvalue weighted by Crippen LogP contribution is 2.31. The van der Waals surface area contributed by atoms with E-state index in [4.69, 9.17) is 14.3 Å². The quantitative estimate of drug-likeness (QED) is 0.734. The highest BCUT2D eigenvalue weighted by atomic mass is 16.5. The molecule has 1 aromatic heterocycles. The molecule has 20 heavy (non-hydrogen) atoms. The number of ether oxygens (including phenoxy) is 1. The number of fused-ring (bicyclic) bond motifs is 3. The molecule has 1 heterocycles. The first-order valence-corrected chi connectivity index (χ1v) is 6.17. The van der Waals surface area contributed by atoms with Crippen molar-refractivity contribution in [1.82, 2.24) is 0 Å². The fourth-order valence-electron chi connectivity index (χ4n) is 2.09. The molecule has 3 aromatic rings. The third-order valence-electron chi connectivity index (χ3n) is 2.95. The van der Waals surface area contributed by atoms with Crippen molar-refractivity contribution < 1.29 is 19.1 Å². The zero-order chi connectivity index (χ0) is 13.9. The normalized spacial score (nSPS) is 11.4. The van der Waals surface area contributed by atoms with Crippen LogP contribution >= 0.6 is 0 Å². The summed E-state index contributed by atoms with van der Waals surface area (Å²) in [5.41, 5.74) is 1.64. The van der Waals surface area contributed by atoms with Crippen molar-refractivity contribution in [2.75, 3.05) is 6.61 Å². The van der Waals surface area contributed by atoms with E-state index in [2.05, 4.69) is 0 Å². The van der Waals surface area contributed by atoms with Crippen LogP contribution in [0.2, 0.25) is 0 Å². The summed E-state index contributed by atoms with van der Waals surface area (Å²) in [4.78, 5) is 10.3. The molecule has 0 aliphatic carbocycles. The summed E-state index contributed by atoms with van der Waals surface area (Å²) >= 11 is 0. The number of carboxylic acids is 1. The predicted octanol–water partition coefficient (Wildman–Crippen LogP) is 3.61. The van der Waals surface area contributed by atoms with Gasteiger partial charge in [-0.05, 0) is 30.3 Å². The number of para-hydroxylation sites is 1. The number of aliphatic carboxylic acids is 1. The van der Waals surface area contributed by atoms with Gasteiger partial charge >= 0.3 is 5.97 Å². The maximum absolute atomic E-state index is 10.3. The molecule has 0 radical (unpaired) electrons. The van der Waals surface area contributed by atoms with Crippen LogP contribution in [0.5, 0.6) is 5.75 Å². The minimum absolute atomic E-state index is 0.216. The average Bonchev–Trinajstić information content (AvgIpc) is 2.81. The standard InChI is InChI=1S/C16H12O4/c17-16(18)6-3-9-19-11-7-8-15-13(10-11)12-4-1-2-5-14(12)20-15/h1-8,10H,9H2,(H,17,18). The van der Waals surface area contributed by atoms with E-state index in [9.17, 15) is 4.79 Å². The second kappa shape index (κ2) is 5.09. The van der Waals surface area contributed by atoms with E-state index in [-0.39, 0.29) is 6.61 Å². The summed E-state index contributed by atoms with van der Waals surface area (Å²) < 4.78 is 11.2. The van der Waals surface area contributed by atoms with Gasteiger partial charge in [0.05, 0.1) is 0 Å². The van der Waals surface area contributed by atoms with Crippen LogP contribution in [-0.4, -0.2) is 17.7 Å². The van der Waals surface area contributed by atoms with Crippen molar-refractivity contribution in [1.29, 1.82) is 0 Å². The van der Waals surface area contributed by atoms with Crippen molar-refractivity contribution in [2.24, 2.45) is 0 Å². The van der Waals surface area contributed by atoms with Crippen LogP contribution < -0.4 is 4.74 Å². The monoisotopic (exact) mass is 268 g/mol. The van der Waals surface area contributed by atoms with Gasteiger partial charge in [0.2, 0.25) is 0 Å². The lowest BCUT2D eigenvalue weighted by molar-refractivity contribution is -0.131. The molecule has 0 saturated carbocycles. The van der Waals surface area contributed by atoms with E-state index >= 15 is 0 Å². The second-order valence-corrected chi connectivity index (χ2v) is 4.31. The summed E-state index contributed by atoms with van der Waals surface area (Å²) in [5.74, 6) is -0.302. The minimum atomic E-state index is -0.982. The third kappa shape index (κ3) is 2.36. The minimum Gasteiger partial charge on any atom is -0.490 e. The smallest absolute Gasteiger partial charge is 0.328 e. The molecule has 0 aliphatic heterocycles. The number of benzene rings is 2. The Hall–Kier alpha value is -2.75. The van der Waals surface area contributed by atoms with Crippen molar-refractivity contribution in [3.8, 4) is 5.75 Å². The number of furan rings is 1. The lowest BCUT2D eigenvalue weighted by Gasteiger charge is -2.02. The average molecular weight is 268 g/mol. The molecule has 0 unspecified atom stereocenters. The SMILES string of the molecule is O=C(O)C=CCOc1ccc2oc3ccccc3c2c1. The lowest BCUT2D eigenvalue weighted by atomic mass is 10.1. The largest absolute Gasteiger partial charge is 0.490 e. The van der Waals surface area contributed by atoms with Gasteiger partial charge in [-0.25, -0.2) is 4.79 Å². The Morgan fingerprint density at radius 2 is 1.95 bits per heavy atom. The summed E-state index contributed by atoms with van der Waals surface area (Å²) in [6.45, 7) is 0.216. The van der Waals surface area contributed by atoms with Gasteiger partial charge in [-0.1, -0.05) is 18.2 Å². The van der Waals surface area contributed by atoms with E-state index in [0.29, 0.717) is 5.75 Å². The van der Waals surface area contributed by atoms with Gasteiger partial charge < -0.3 is 14.3 Å². The Labute approximate surface area is 114 Å². The molecule has 4 heteroatoms. The maximum Gasteiger partial charge on any atom is 0.328 e. The van der Waals surface area contributed by atoms with E-state index in [0.717, 1.165) is 28.0 Å². The lowest BCUT2D eigenvalue weighted by Crippen LogP contribution is -1.95. The molecule has 2 aromatic carbocycles. The molecule has 0 aliphatic rings. The summed E-state index contributed by atoms with van der Waals surface area (Å²) in [5, 5.41) is 10.5. The maximum atomic E-state index is 10.3. The van der Waals surface area contributed by atoms with Crippen LogP contribution in [0, 0.1) is 0 Å². The van der Waals surface area contributed by atoms with Crippen LogP contribution in [0.25, 0.3) is 21.9 Å². The highest BCUT2D eigenvalue weighted by Gasteiger charge is 2.06. The van der Waals surface area contributed by atoms with Crippen LogP contribution in [0.4, 0.5) is 0 Å². The molecular formula is C16H12O4. The number of hydrogen-bond donors (Lipinski definition) is 1. The van der Waals surface area contributed by atoms with Gasteiger partial charge in [0, 0.05) is 16.8 Å². The Morgan fingerprint density at radius 3 is 2.80 bits per heavy atom. The van der Waals surface area contributed by atoms with Gasteiger partial charge in [0.25, 0.3) is 0 Å². The first-order chi connectivity index (χ1) is 9.74. The molecule has 3 rings (SSSR count). The molecular weight excluding hydrogens is 256 g/mol. The second-order valence-electron chi connectivity index (χ2n) is 4.31. The third-order valence-corrected chi connectivity index (χ3v) is 2.95. The summed E-state index contributed by atoms with van der Waals surface area (Å²) in [6.07, 6.45) is 2.52. The molecule has 0 spiro atoms. The van der Waals surface area contributed by atoms with Gasteiger partial charge in [-0.15, -0.1) is 0 Å². The molecule has 0 bridgehead atoms. The van der Waals surface area contributed by atoms with Crippen molar-refractivity contribution in [2.45, 2.75) is 0 Å². The van der Waals surface area contributed by atoms with Gasteiger partial charge in [-0.2, -0.15) is 0 Å². The first-order valence-electron chi connectivity index (χ1n) is 6.17. The fraction of sp³-hybridized carbons (Fsp3) is 0.0625. The molecule has 0 amide bonds. The van der Waals surface area contributed by atoms with E-state index in [1.165, 1.54) is 6.08 Å². The molecule has 0 saturated heterocycles. The first kappa shape index (κ1) is 12.3. The van der Waals surface area contributed by atoms with Crippen LogP contribution in [-0.2, 0) is 4.79 Å². The Balaban J connectivity index is 1.90. The Bertz CT molecular complexity index is 798. The van der Waals surface area contributed by atoms with Crippen molar-refractivity contribution >= 4 is 27.9 Å². The van der Waals surface area contributed by atoms with Crippen LogP contribution in [0.3, 0.4) is 0 Å². The van der Waals surface area contributed by atoms with E-state index < -0.39 is 5.97 Å². The number of carbonyl (C=O) groups is 1. The van der Waals surface area contributed by atoms with Crippen molar-refractivity contribution in [3.63, 3.8) is 0 Å². The molecule has 4 nitrogen and oxygen atoms in total. The van der Waals surface area contributed by atoms with Crippen LogP contribution in [0.1, 0.15) is 0 Å². The van der Waals surface area contributed by atoms with E-state index in [1.807, 2.05) is 36.4 Å². The highest BCUT2D eigenvalue weighted by molar-refractivity contribution is 6.05. The number of hydrogen-bond acceptors (Lipinski definition) is 3. The van der Waals surface area contributed by atoms with Gasteiger partial charge in [0.1, 0.15) is 23.5 Å². The Morgan fingerprint density at radius 1 is 1.15 bits per heavy atom. The molecule has 1 N–H and O–H groups in total. The topological polar surface area (TPSA) is 59.7 Å².